The van der Waals surface area contributed by atoms with Gasteiger partial charge in [-0.1, -0.05) is 47.2 Å². The minimum atomic E-state index is -3.38. The first-order valence-corrected chi connectivity index (χ1v) is 11.2. The zero-order valence-electron chi connectivity index (χ0n) is 15.0. The second-order valence-corrected chi connectivity index (χ2v) is 9.72. The molecule has 0 aliphatic rings. The lowest BCUT2D eigenvalue weighted by Crippen LogP contribution is -2.14. The molecule has 0 aliphatic heterocycles. The van der Waals surface area contributed by atoms with E-state index in [4.69, 9.17) is 11.6 Å². The lowest BCUT2D eigenvalue weighted by atomic mass is 10.2. The largest absolute Gasteiger partial charge is 0.319 e. The van der Waals surface area contributed by atoms with E-state index in [0.717, 1.165) is 15.8 Å². The Kier molecular flexibility index (Phi) is 5.83. The molecular weight excluding hydrogens is 404 g/mol. The van der Waals surface area contributed by atoms with Crippen LogP contribution >= 0.6 is 22.9 Å². The molecule has 1 amide bonds. The van der Waals surface area contributed by atoms with Crippen LogP contribution in [0.25, 0.3) is 10.2 Å². The van der Waals surface area contributed by atoms with Crippen LogP contribution in [0.2, 0.25) is 5.02 Å². The molecule has 0 aliphatic carbocycles. The molecule has 0 N–H and O–H groups in total. The Balaban J connectivity index is 1.75. The molecule has 27 heavy (non-hydrogen) atoms. The second kappa shape index (κ2) is 7.96. The van der Waals surface area contributed by atoms with Gasteiger partial charge in [0.15, 0.2) is 14.6 Å². The van der Waals surface area contributed by atoms with E-state index in [-0.39, 0.29) is 29.4 Å². The Bertz CT molecular complexity index is 1160. The molecule has 3 aromatic rings. The summed E-state index contributed by atoms with van der Waals surface area (Å²) in [4.78, 5) is 17.2. The van der Waals surface area contributed by atoms with Crippen molar-refractivity contribution in [1.82, 2.24) is 4.57 Å². The Morgan fingerprint density at radius 2 is 1.89 bits per heavy atom. The number of carbonyl (C=O) groups excluding carboxylic acids is 1. The number of benzene rings is 2. The number of aryl methyl sites for hydroxylation is 2. The smallest absolute Gasteiger partial charge is 0.248 e. The summed E-state index contributed by atoms with van der Waals surface area (Å²) in [6.45, 7) is 1.98. The van der Waals surface area contributed by atoms with Gasteiger partial charge in [-0.25, -0.2) is 8.42 Å². The summed E-state index contributed by atoms with van der Waals surface area (Å²) in [5, 5.41) is 0.624. The Labute approximate surface area is 166 Å². The number of nitrogens with zero attached hydrogens (tertiary/aromatic N) is 2. The summed E-state index contributed by atoms with van der Waals surface area (Å²) >= 11 is 7.60. The van der Waals surface area contributed by atoms with Crippen LogP contribution in [0, 0.1) is 6.92 Å². The van der Waals surface area contributed by atoms with E-state index in [1.807, 2.05) is 30.7 Å². The van der Waals surface area contributed by atoms with Gasteiger partial charge in [0, 0.05) is 13.5 Å². The topological polar surface area (TPSA) is 68.5 Å². The number of aromatic nitrogens is 1. The van der Waals surface area contributed by atoms with Gasteiger partial charge < -0.3 is 4.57 Å². The molecule has 0 fully saturated rings. The molecule has 8 heteroatoms. The van der Waals surface area contributed by atoms with Crippen molar-refractivity contribution in [3.05, 3.63) is 57.9 Å². The molecule has 0 atom stereocenters. The lowest BCUT2D eigenvalue weighted by Gasteiger charge is -2.03. The van der Waals surface area contributed by atoms with Crippen molar-refractivity contribution in [3.63, 3.8) is 0 Å². The molecule has 1 aromatic heterocycles. The number of carbonyl (C=O) groups is 1. The number of amides is 1. The van der Waals surface area contributed by atoms with Crippen LogP contribution in [-0.2, 0) is 21.7 Å². The van der Waals surface area contributed by atoms with Gasteiger partial charge in [0.1, 0.15) is 0 Å². The van der Waals surface area contributed by atoms with Gasteiger partial charge in [-0.2, -0.15) is 4.99 Å². The maximum Gasteiger partial charge on any atom is 0.248 e. The van der Waals surface area contributed by atoms with Crippen molar-refractivity contribution in [1.29, 1.82) is 0 Å². The first-order chi connectivity index (χ1) is 12.8. The highest BCUT2D eigenvalue weighted by Gasteiger charge is 2.15. The monoisotopic (exact) mass is 422 g/mol. The standard InChI is InChI=1S/C19H19ClN2O3S2/c1-13-10-11-15(20)18-17(13)22(2)19(26-18)21-16(23)9-6-12-27(24,25)14-7-4-3-5-8-14/h3-5,7-8,10-11H,6,9,12H2,1-2H3. The number of halogens is 1. The first-order valence-electron chi connectivity index (χ1n) is 8.39. The predicted octanol–water partition coefficient (Wildman–Crippen LogP) is 3.88. The van der Waals surface area contributed by atoms with Crippen molar-refractivity contribution >= 4 is 48.9 Å². The van der Waals surface area contributed by atoms with Crippen molar-refractivity contribution in [2.45, 2.75) is 24.7 Å². The zero-order chi connectivity index (χ0) is 19.6. The van der Waals surface area contributed by atoms with Gasteiger partial charge in [0.25, 0.3) is 0 Å². The third-order valence-electron chi connectivity index (χ3n) is 4.23. The quantitative estimate of drug-likeness (QED) is 0.626. The van der Waals surface area contributed by atoms with E-state index < -0.39 is 9.84 Å². The van der Waals surface area contributed by atoms with Crippen LogP contribution in [0.1, 0.15) is 18.4 Å². The van der Waals surface area contributed by atoms with E-state index in [1.54, 1.807) is 30.3 Å². The molecule has 3 rings (SSSR count). The Morgan fingerprint density at radius 1 is 1.19 bits per heavy atom. The first kappa shape index (κ1) is 19.8. The number of sulfone groups is 1. The Morgan fingerprint density at radius 3 is 2.56 bits per heavy atom. The lowest BCUT2D eigenvalue weighted by molar-refractivity contribution is -0.118. The fourth-order valence-electron chi connectivity index (χ4n) is 2.83. The number of hydrogen-bond acceptors (Lipinski definition) is 4. The van der Waals surface area contributed by atoms with E-state index in [9.17, 15) is 13.2 Å². The summed E-state index contributed by atoms with van der Waals surface area (Å²) in [5.74, 6) is -0.420. The van der Waals surface area contributed by atoms with Crippen molar-refractivity contribution in [2.24, 2.45) is 12.0 Å². The average molecular weight is 423 g/mol. The molecule has 1 heterocycles. The fourth-order valence-corrected chi connectivity index (χ4v) is 5.55. The number of fused-ring (bicyclic) bond motifs is 1. The predicted molar refractivity (Wildman–Crippen MR) is 109 cm³/mol. The third kappa shape index (κ3) is 4.31. The second-order valence-electron chi connectivity index (χ2n) is 6.23. The molecule has 0 radical (unpaired) electrons. The van der Waals surface area contributed by atoms with Crippen molar-refractivity contribution in [3.8, 4) is 0 Å². The normalized spacial score (nSPS) is 12.6. The van der Waals surface area contributed by atoms with E-state index >= 15 is 0 Å². The van der Waals surface area contributed by atoms with Gasteiger partial charge in [-0.05, 0) is 37.1 Å². The minimum Gasteiger partial charge on any atom is -0.319 e. The average Bonchev–Trinajstić information content (AvgIpc) is 2.96. The van der Waals surface area contributed by atoms with Crippen molar-refractivity contribution < 1.29 is 13.2 Å². The SMILES string of the molecule is Cc1ccc(Cl)c2sc(=NC(=O)CCCS(=O)(=O)c3ccccc3)n(C)c12. The van der Waals surface area contributed by atoms with Crippen LogP contribution in [0.5, 0.6) is 0 Å². The van der Waals surface area contributed by atoms with Crippen LogP contribution in [0.15, 0.2) is 52.4 Å². The van der Waals surface area contributed by atoms with Crippen LogP contribution in [0.4, 0.5) is 0 Å². The van der Waals surface area contributed by atoms with Crippen LogP contribution in [0.3, 0.4) is 0 Å². The molecule has 2 aromatic carbocycles. The molecule has 0 saturated carbocycles. The summed E-state index contributed by atoms with van der Waals surface area (Å²) < 4.78 is 27.3. The summed E-state index contributed by atoms with van der Waals surface area (Å²) in [7, 11) is -1.54. The van der Waals surface area contributed by atoms with Gasteiger partial charge in [-0.3, -0.25) is 4.79 Å². The van der Waals surface area contributed by atoms with Gasteiger partial charge in [-0.15, -0.1) is 0 Å². The molecule has 0 spiro atoms. The Hall–Kier alpha value is -1.96. The van der Waals surface area contributed by atoms with Gasteiger partial charge in [0.2, 0.25) is 5.91 Å². The van der Waals surface area contributed by atoms with Crippen molar-refractivity contribution in [2.75, 3.05) is 5.75 Å². The molecular formula is C19H19ClN2O3S2. The third-order valence-corrected chi connectivity index (χ3v) is 7.64. The highest BCUT2D eigenvalue weighted by Crippen LogP contribution is 2.28. The maximum absolute atomic E-state index is 12.3. The number of thiazole rings is 1. The van der Waals surface area contributed by atoms with E-state index in [1.165, 1.54) is 11.3 Å². The van der Waals surface area contributed by atoms with E-state index in [0.29, 0.717) is 9.82 Å². The number of rotatable bonds is 5. The minimum absolute atomic E-state index is 0.0764. The molecule has 0 unspecified atom stereocenters. The van der Waals surface area contributed by atoms with Crippen LogP contribution < -0.4 is 4.80 Å². The highest BCUT2D eigenvalue weighted by atomic mass is 35.5. The van der Waals surface area contributed by atoms with E-state index in [2.05, 4.69) is 4.99 Å². The highest BCUT2D eigenvalue weighted by molar-refractivity contribution is 7.91. The molecule has 142 valence electrons. The summed E-state index contributed by atoms with van der Waals surface area (Å²) in [6.07, 6.45) is 0.307. The summed E-state index contributed by atoms with van der Waals surface area (Å²) in [6, 6.07) is 12.0. The molecule has 0 bridgehead atoms. The van der Waals surface area contributed by atoms with Crippen LogP contribution in [-0.4, -0.2) is 24.6 Å². The van der Waals surface area contributed by atoms with Gasteiger partial charge in [0.05, 0.1) is 25.9 Å². The zero-order valence-corrected chi connectivity index (χ0v) is 17.4. The van der Waals surface area contributed by atoms with Gasteiger partial charge >= 0.3 is 0 Å². The summed E-state index contributed by atoms with van der Waals surface area (Å²) in [5.41, 5.74) is 2.00. The molecule has 0 saturated heterocycles. The fraction of sp³-hybridized carbons (Fsp3) is 0.263. The molecule has 5 nitrogen and oxygen atoms in total. The number of hydrogen-bond donors (Lipinski definition) is 0. The maximum atomic E-state index is 12.3.